The van der Waals surface area contributed by atoms with Gasteiger partial charge < -0.3 is 10.1 Å². The first-order chi connectivity index (χ1) is 9.26. The lowest BCUT2D eigenvalue weighted by atomic mass is 10.0. The lowest BCUT2D eigenvalue weighted by Crippen LogP contribution is -2.45. The number of hydrogen-bond acceptors (Lipinski definition) is 3. The van der Waals surface area contributed by atoms with Crippen LogP contribution in [-0.2, 0) is 0 Å². The molecule has 1 aliphatic heterocycles. The van der Waals surface area contributed by atoms with Crippen molar-refractivity contribution in [2.24, 2.45) is 0 Å². The predicted octanol–water partition coefficient (Wildman–Crippen LogP) is 3.19. The molecule has 114 valence electrons. The van der Waals surface area contributed by atoms with Crippen molar-refractivity contribution < 1.29 is 9.13 Å². The summed E-state index contributed by atoms with van der Waals surface area (Å²) in [5.74, 6) is 0.808. The summed E-state index contributed by atoms with van der Waals surface area (Å²) in [5, 5.41) is 3.33. The summed E-state index contributed by atoms with van der Waals surface area (Å²) in [5.41, 5.74) is 1.15. The van der Waals surface area contributed by atoms with E-state index >= 15 is 0 Å². The van der Waals surface area contributed by atoms with Crippen LogP contribution in [0.4, 0.5) is 4.39 Å². The Morgan fingerprint density at radius 1 is 1.40 bits per heavy atom. The van der Waals surface area contributed by atoms with Crippen LogP contribution in [0, 0.1) is 0 Å². The minimum atomic E-state index is -0.293. The second-order valence-corrected chi connectivity index (χ2v) is 5.53. The van der Waals surface area contributed by atoms with E-state index in [1.807, 2.05) is 18.2 Å². The van der Waals surface area contributed by atoms with Gasteiger partial charge in [0.05, 0.1) is 18.3 Å². The van der Waals surface area contributed by atoms with Crippen molar-refractivity contribution in [3.8, 4) is 5.75 Å². The molecule has 6 heteroatoms. The molecule has 0 aliphatic carbocycles. The van der Waals surface area contributed by atoms with Gasteiger partial charge in [-0.2, -0.15) is 0 Å². The molecule has 1 saturated heterocycles. The van der Waals surface area contributed by atoms with Gasteiger partial charge in [0.25, 0.3) is 0 Å². The summed E-state index contributed by atoms with van der Waals surface area (Å²) in [7, 11) is 1.65. The van der Waals surface area contributed by atoms with Gasteiger partial charge in [-0.1, -0.05) is 6.07 Å². The molecule has 1 N–H and O–H groups in total. The Bertz CT molecular complexity index is 416. The number of halogens is 3. The Labute approximate surface area is 134 Å². The molecule has 0 amide bonds. The van der Waals surface area contributed by atoms with E-state index in [2.05, 4.69) is 26.1 Å². The predicted molar refractivity (Wildman–Crippen MR) is 85.7 cm³/mol. The van der Waals surface area contributed by atoms with Crippen molar-refractivity contribution in [3.05, 3.63) is 28.2 Å². The highest BCUT2D eigenvalue weighted by Crippen LogP contribution is 2.32. The number of piperazine rings is 1. The number of methoxy groups -OCH3 is 1. The molecule has 0 radical (unpaired) electrons. The fourth-order valence-electron chi connectivity index (χ4n) is 2.55. The minimum absolute atomic E-state index is 0. The Kier molecular flexibility index (Phi) is 7.80. The molecule has 1 aromatic carbocycles. The lowest BCUT2D eigenvalue weighted by Gasteiger charge is -2.35. The molecule has 0 spiro atoms. The van der Waals surface area contributed by atoms with E-state index in [0.29, 0.717) is 6.42 Å². The molecule has 1 heterocycles. The molecule has 1 atom stereocenters. The largest absolute Gasteiger partial charge is 0.496 e. The Morgan fingerprint density at radius 2 is 2.10 bits per heavy atom. The maximum Gasteiger partial charge on any atom is 0.133 e. The van der Waals surface area contributed by atoms with E-state index < -0.39 is 0 Å². The topological polar surface area (TPSA) is 24.5 Å². The van der Waals surface area contributed by atoms with Gasteiger partial charge >= 0.3 is 0 Å². The third-order valence-electron chi connectivity index (χ3n) is 3.54. The minimum Gasteiger partial charge on any atom is -0.496 e. The summed E-state index contributed by atoms with van der Waals surface area (Å²) in [6.07, 6.45) is 0.540. The van der Waals surface area contributed by atoms with E-state index in [4.69, 9.17) is 4.74 Å². The van der Waals surface area contributed by atoms with Crippen LogP contribution >= 0.6 is 28.3 Å². The summed E-state index contributed by atoms with van der Waals surface area (Å²) in [6, 6.07) is 6.16. The van der Waals surface area contributed by atoms with E-state index in [1.165, 1.54) is 0 Å². The second kappa shape index (κ2) is 8.82. The lowest BCUT2D eigenvalue weighted by molar-refractivity contribution is 0.157. The van der Waals surface area contributed by atoms with Crippen LogP contribution in [0.15, 0.2) is 22.7 Å². The van der Waals surface area contributed by atoms with Crippen molar-refractivity contribution in [2.45, 2.75) is 12.5 Å². The van der Waals surface area contributed by atoms with Gasteiger partial charge in [0.1, 0.15) is 5.75 Å². The van der Waals surface area contributed by atoms with Crippen LogP contribution in [0.2, 0.25) is 0 Å². The molecule has 2 rings (SSSR count). The average Bonchev–Trinajstić information content (AvgIpc) is 2.45. The first kappa shape index (κ1) is 17.7. The fraction of sp³-hybridized carbons (Fsp3) is 0.571. The van der Waals surface area contributed by atoms with E-state index in [9.17, 15) is 4.39 Å². The molecule has 20 heavy (non-hydrogen) atoms. The van der Waals surface area contributed by atoms with E-state index in [0.717, 1.165) is 42.0 Å². The smallest absolute Gasteiger partial charge is 0.133 e. The highest BCUT2D eigenvalue weighted by molar-refractivity contribution is 9.10. The van der Waals surface area contributed by atoms with Gasteiger partial charge in [0, 0.05) is 32.2 Å². The molecule has 1 aliphatic rings. The molecule has 0 bridgehead atoms. The van der Waals surface area contributed by atoms with Gasteiger partial charge in [-0.05, 0) is 40.0 Å². The number of rotatable bonds is 5. The Morgan fingerprint density at radius 3 is 2.65 bits per heavy atom. The Hall–Kier alpha value is -0.360. The van der Waals surface area contributed by atoms with Crippen molar-refractivity contribution in [1.82, 2.24) is 10.2 Å². The summed E-state index contributed by atoms with van der Waals surface area (Å²) in [6.45, 7) is 3.58. The van der Waals surface area contributed by atoms with Crippen molar-refractivity contribution in [2.75, 3.05) is 40.0 Å². The fourth-order valence-corrected chi connectivity index (χ4v) is 3.11. The molecule has 0 unspecified atom stereocenters. The number of alkyl halides is 1. The SMILES string of the molecule is COc1ccc([C@H](CCF)N2CCNCC2)cc1Br.Cl. The summed E-state index contributed by atoms with van der Waals surface area (Å²) in [4.78, 5) is 2.35. The molecule has 0 aromatic heterocycles. The Balaban J connectivity index is 0.00000200. The number of nitrogens with one attached hydrogen (secondary N) is 1. The van der Waals surface area contributed by atoms with Gasteiger partial charge in [-0.15, -0.1) is 12.4 Å². The van der Waals surface area contributed by atoms with E-state index in [-0.39, 0.29) is 25.1 Å². The summed E-state index contributed by atoms with van der Waals surface area (Å²) >= 11 is 3.50. The van der Waals surface area contributed by atoms with Gasteiger partial charge in [0.15, 0.2) is 0 Å². The second-order valence-electron chi connectivity index (χ2n) is 4.67. The van der Waals surface area contributed by atoms with Crippen molar-refractivity contribution >= 4 is 28.3 Å². The zero-order valence-electron chi connectivity index (χ0n) is 11.6. The average molecular weight is 368 g/mol. The molecule has 3 nitrogen and oxygen atoms in total. The number of ether oxygens (including phenoxy) is 1. The maximum atomic E-state index is 12.9. The van der Waals surface area contributed by atoms with Crippen molar-refractivity contribution in [1.29, 1.82) is 0 Å². The van der Waals surface area contributed by atoms with Crippen LogP contribution in [0.3, 0.4) is 0 Å². The number of benzene rings is 1. The highest BCUT2D eigenvalue weighted by atomic mass is 79.9. The zero-order chi connectivity index (χ0) is 13.7. The van der Waals surface area contributed by atoms with Crippen LogP contribution in [0.1, 0.15) is 18.0 Å². The van der Waals surface area contributed by atoms with Gasteiger partial charge in [0.2, 0.25) is 0 Å². The number of hydrogen-bond donors (Lipinski definition) is 1. The molecular weight excluding hydrogens is 347 g/mol. The van der Waals surface area contributed by atoms with Crippen molar-refractivity contribution in [3.63, 3.8) is 0 Å². The first-order valence-electron chi connectivity index (χ1n) is 6.60. The van der Waals surface area contributed by atoms with Crippen LogP contribution in [0.5, 0.6) is 5.75 Å². The third-order valence-corrected chi connectivity index (χ3v) is 4.16. The number of nitrogens with zero attached hydrogens (tertiary/aromatic N) is 1. The van der Waals surface area contributed by atoms with Crippen LogP contribution < -0.4 is 10.1 Å². The molecular formula is C14H21BrClFN2O. The first-order valence-corrected chi connectivity index (χ1v) is 7.39. The molecule has 0 saturated carbocycles. The normalized spacial score (nSPS) is 17.4. The maximum absolute atomic E-state index is 12.9. The standard InChI is InChI=1S/C14H20BrFN2O.ClH/c1-19-14-3-2-11(10-12(14)15)13(4-5-16)18-8-6-17-7-9-18;/h2-3,10,13,17H,4-9H2,1H3;1H/t13-;/m0./s1. The molecule has 1 fully saturated rings. The zero-order valence-corrected chi connectivity index (χ0v) is 14.0. The monoisotopic (exact) mass is 366 g/mol. The van der Waals surface area contributed by atoms with Crippen LogP contribution in [0.25, 0.3) is 0 Å². The van der Waals surface area contributed by atoms with E-state index in [1.54, 1.807) is 7.11 Å². The summed E-state index contributed by atoms with van der Waals surface area (Å²) < 4.78 is 19.0. The molecule has 1 aromatic rings. The highest BCUT2D eigenvalue weighted by Gasteiger charge is 2.22. The van der Waals surface area contributed by atoms with Crippen LogP contribution in [-0.4, -0.2) is 44.9 Å². The quantitative estimate of drug-likeness (QED) is 0.865. The van der Waals surface area contributed by atoms with Gasteiger partial charge in [-0.3, -0.25) is 9.29 Å². The third kappa shape index (κ3) is 4.32. The van der Waals surface area contributed by atoms with Gasteiger partial charge in [-0.25, -0.2) is 0 Å².